The smallest absolute Gasteiger partial charge is 0.309 e. The molecule has 3 rings (SSSR count). The highest BCUT2D eigenvalue weighted by atomic mass is 16.5. The second kappa shape index (κ2) is 3.37. The molecule has 0 amide bonds. The van der Waals surface area contributed by atoms with Crippen molar-refractivity contribution in [2.24, 2.45) is 28.6 Å². The van der Waals surface area contributed by atoms with Crippen molar-refractivity contribution in [1.82, 2.24) is 0 Å². The molecule has 4 atom stereocenters. The van der Waals surface area contributed by atoms with Gasteiger partial charge in [0.15, 0.2) is 0 Å². The molecule has 1 unspecified atom stereocenters. The van der Waals surface area contributed by atoms with E-state index in [0.29, 0.717) is 23.9 Å². The Hall–Kier alpha value is -0.790. The van der Waals surface area contributed by atoms with Crippen LogP contribution in [0.3, 0.4) is 0 Å². The largest absolute Gasteiger partial charge is 0.465 e. The Kier molecular flexibility index (Phi) is 2.24. The number of fused-ring (bicyclic) bond motifs is 1. The van der Waals surface area contributed by atoms with Crippen LogP contribution in [-0.4, -0.2) is 12.6 Å². The van der Waals surface area contributed by atoms with Crippen LogP contribution >= 0.6 is 0 Å². The molecule has 94 valence electrons. The second-order valence-corrected chi connectivity index (χ2v) is 7.08. The van der Waals surface area contributed by atoms with Gasteiger partial charge in [-0.25, -0.2) is 0 Å². The number of hydrogen-bond acceptors (Lipinski definition) is 2. The maximum Gasteiger partial charge on any atom is 0.309 e. The van der Waals surface area contributed by atoms with Crippen LogP contribution in [0.25, 0.3) is 0 Å². The van der Waals surface area contributed by atoms with Crippen LogP contribution in [0.1, 0.15) is 40.0 Å². The highest BCUT2D eigenvalue weighted by molar-refractivity contribution is 5.75. The lowest BCUT2D eigenvalue weighted by molar-refractivity contribution is -0.144. The summed E-state index contributed by atoms with van der Waals surface area (Å²) in [6, 6.07) is 0. The molecule has 1 saturated carbocycles. The van der Waals surface area contributed by atoms with Crippen LogP contribution < -0.4 is 0 Å². The van der Waals surface area contributed by atoms with Crippen molar-refractivity contribution in [3.05, 3.63) is 12.2 Å². The van der Waals surface area contributed by atoms with E-state index in [0.717, 1.165) is 6.42 Å². The zero-order valence-electron chi connectivity index (χ0n) is 11.0. The lowest BCUT2D eigenvalue weighted by Crippen LogP contribution is -2.35. The number of rotatable bonds is 1. The van der Waals surface area contributed by atoms with E-state index in [9.17, 15) is 4.79 Å². The molecule has 0 radical (unpaired) electrons. The molecule has 17 heavy (non-hydrogen) atoms. The molecule has 1 heterocycles. The molecule has 1 aliphatic heterocycles. The van der Waals surface area contributed by atoms with Crippen molar-refractivity contribution in [2.75, 3.05) is 6.61 Å². The summed E-state index contributed by atoms with van der Waals surface area (Å²) in [4.78, 5) is 11.9. The van der Waals surface area contributed by atoms with Crippen LogP contribution in [0.2, 0.25) is 0 Å². The zero-order valence-corrected chi connectivity index (χ0v) is 11.0. The first-order valence-electron chi connectivity index (χ1n) is 6.78. The van der Waals surface area contributed by atoms with Gasteiger partial charge >= 0.3 is 5.97 Å². The molecule has 0 aromatic heterocycles. The third-order valence-corrected chi connectivity index (χ3v) is 5.27. The summed E-state index contributed by atoms with van der Waals surface area (Å²) in [5, 5.41) is 0. The monoisotopic (exact) mass is 234 g/mol. The molecule has 1 saturated heterocycles. The quantitative estimate of drug-likeness (QED) is 0.514. The summed E-state index contributed by atoms with van der Waals surface area (Å²) in [7, 11) is 0. The Bertz CT molecular complexity index is 382. The number of ether oxygens (including phenoxy) is 1. The standard InChI is InChI=1S/C15H22O2/c1-14(2)8-10-4-6-15(3,12(10)9-14)11-5-7-17-13(11)16/h4,6,10-12H,5,7-9H2,1-3H3/t10-,11?,12+,15-/m0/s1. The van der Waals surface area contributed by atoms with E-state index in [1.165, 1.54) is 12.8 Å². The van der Waals surface area contributed by atoms with Gasteiger partial charge in [-0.3, -0.25) is 4.79 Å². The maximum atomic E-state index is 11.9. The highest BCUT2D eigenvalue weighted by Gasteiger charge is 2.55. The summed E-state index contributed by atoms with van der Waals surface area (Å²) in [6.07, 6.45) is 8.10. The summed E-state index contributed by atoms with van der Waals surface area (Å²) in [5.41, 5.74) is 0.482. The third kappa shape index (κ3) is 1.56. The van der Waals surface area contributed by atoms with Crippen molar-refractivity contribution < 1.29 is 9.53 Å². The van der Waals surface area contributed by atoms with Gasteiger partial charge in [0.2, 0.25) is 0 Å². The molecular weight excluding hydrogens is 212 g/mol. The van der Waals surface area contributed by atoms with Crippen molar-refractivity contribution in [1.29, 1.82) is 0 Å². The van der Waals surface area contributed by atoms with Crippen LogP contribution in [-0.2, 0) is 9.53 Å². The second-order valence-electron chi connectivity index (χ2n) is 7.08. The van der Waals surface area contributed by atoms with E-state index in [1.807, 2.05) is 0 Å². The summed E-state index contributed by atoms with van der Waals surface area (Å²) in [5.74, 6) is 1.46. The van der Waals surface area contributed by atoms with E-state index in [4.69, 9.17) is 4.74 Å². The molecule has 2 fully saturated rings. The minimum absolute atomic E-state index is 0.0301. The van der Waals surface area contributed by atoms with E-state index in [1.54, 1.807) is 0 Å². The van der Waals surface area contributed by atoms with E-state index in [-0.39, 0.29) is 17.3 Å². The Morgan fingerprint density at radius 3 is 2.71 bits per heavy atom. The first-order chi connectivity index (χ1) is 7.92. The van der Waals surface area contributed by atoms with Gasteiger partial charge in [-0.2, -0.15) is 0 Å². The fraction of sp³-hybridized carbons (Fsp3) is 0.800. The fourth-order valence-electron chi connectivity index (χ4n) is 4.38. The molecule has 0 N–H and O–H groups in total. The number of carbonyl (C=O) groups excluding carboxylic acids is 1. The van der Waals surface area contributed by atoms with E-state index >= 15 is 0 Å². The topological polar surface area (TPSA) is 26.3 Å². The van der Waals surface area contributed by atoms with Gasteiger partial charge in [-0.15, -0.1) is 0 Å². The van der Waals surface area contributed by atoms with Gasteiger partial charge in [-0.1, -0.05) is 32.9 Å². The van der Waals surface area contributed by atoms with Crippen LogP contribution in [0.5, 0.6) is 0 Å². The van der Waals surface area contributed by atoms with Gasteiger partial charge < -0.3 is 4.74 Å². The van der Waals surface area contributed by atoms with Crippen molar-refractivity contribution >= 4 is 5.97 Å². The summed E-state index contributed by atoms with van der Waals surface area (Å²) in [6.45, 7) is 7.60. The molecular formula is C15H22O2. The van der Waals surface area contributed by atoms with Gasteiger partial charge in [0, 0.05) is 5.41 Å². The average Bonchev–Trinajstić information content (AvgIpc) is 2.85. The van der Waals surface area contributed by atoms with Gasteiger partial charge in [-0.05, 0) is 36.5 Å². The third-order valence-electron chi connectivity index (χ3n) is 5.27. The van der Waals surface area contributed by atoms with Crippen molar-refractivity contribution in [3.63, 3.8) is 0 Å². The molecule has 0 bridgehead atoms. The Morgan fingerprint density at radius 2 is 2.06 bits per heavy atom. The average molecular weight is 234 g/mol. The normalized spacial score (nSPS) is 47.2. The summed E-state index contributed by atoms with van der Waals surface area (Å²) < 4.78 is 5.17. The molecule has 2 nitrogen and oxygen atoms in total. The van der Waals surface area contributed by atoms with Crippen molar-refractivity contribution in [2.45, 2.75) is 40.0 Å². The number of esters is 1. The molecule has 2 heteroatoms. The Morgan fingerprint density at radius 1 is 1.29 bits per heavy atom. The lowest BCUT2D eigenvalue weighted by Gasteiger charge is -2.35. The molecule has 0 aromatic rings. The molecule has 0 aromatic carbocycles. The first kappa shape index (κ1) is 11.3. The predicted molar refractivity (Wildman–Crippen MR) is 66.3 cm³/mol. The highest BCUT2D eigenvalue weighted by Crippen LogP contribution is 2.60. The van der Waals surface area contributed by atoms with Gasteiger partial charge in [0.1, 0.15) is 0 Å². The number of cyclic esters (lactones) is 1. The van der Waals surface area contributed by atoms with Crippen LogP contribution in [0, 0.1) is 28.6 Å². The maximum absolute atomic E-state index is 11.9. The number of hydrogen-bond donors (Lipinski definition) is 0. The molecule has 2 aliphatic carbocycles. The Balaban J connectivity index is 1.89. The van der Waals surface area contributed by atoms with Gasteiger partial charge in [0.25, 0.3) is 0 Å². The zero-order chi connectivity index (χ0) is 12.3. The Labute approximate surface area is 103 Å². The number of allylic oxidation sites excluding steroid dienone is 2. The summed E-state index contributed by atoms with van der Waals surface area (Å²) >= 11 is 0. The predicted octanol–water partition coefficient (Wildman–Crippen LogP) is 3.18. The van der Waals surface area contributed by atoms with Crippen molar-refractivity contribution in [3.8, 4) is 0 Å². The minimum Gasteiger partial charge on any atom is -0.465 e. The minimum atomic E-state index is 0.0301. The van der Waals surface area contributed by atoms with Crippen LogP contribution in [0.15, 0.2) is 12.2 Å². The SMILES string of the molecule is CC1(C)C[C@@H]2[C@@H](C=C[C@@]2(C)C2CCOC2=O)C1. The van der Waals surface area contributed by atoms with E-state index < -0.39 is 0 Å². The fourth-order valence-corrected chi connectivity index (χ4v) is 4.38. The van der Waals surface area contributed by atoms with E-state index in [2.05, 4.69) is 32.9 Å². The molecule has 0 spiro atoms. The molecule has 3 aliphatic rings. The van der Waals surface area contributed by atoms with Gasteiger partial charge in [0.05, 0.1) is 12.5 Å². The lowest BCUT2D eigenvalue weighted by atomic mass is 9.67. The number of carbonyl (C=O) groups is 1. The first-order valence-corrected chi connectivity index (χ1v) is 6.78. The van der Waals surface area contributed by atoms with Crippen LogP contribution in [0.4, 0.5) is 0 Å².